The van der Waals surface area contributed by atoms with Crippen molar-refractivity contribution < 1.29 is 14.3 Å². The Bertz CT molecular complexity index is 932. The van der Waals surface area contributed by atoms with E-state index in [1.807, 2.05) is 66.7 Å². The minimum Gasteiger partial charge on any atom is -0.493 e. The van der Waals surface area contributed by atoms with Crippen molar-refractivity contribution in [3.8, 4) is 22.6 Å². The number of hydrogen-bond acceptors (Lipinski definition) is 4. The fraction of sp³-hybridized carbons (Fsp3) is 0.174. The van der Waals surface area contributed by atoms with Crippen molar-refractivity contribution >= 4 is 24.0 Å². The summed E-state index contributed by atoms with van der Waals surface area (Å²) in [7, 11) is 1.57. The summed E-state index contributed by atoms with van der Waals surface area (Å²) in [5, 5.41) is 2.96. The molecule has 29 heavy (non-hydrogen) atoms. The van der Waals surface area contributed by atoms with Gasteiger partial charge in [0.2, 0.25) is 5.91 Å². The number of anilines is 1. The van der Waals surface area contributed by atoms with Gasteiger partial charge in [-0.2, -0.15) is 0 Å². The second-order valence-electron chi connectivity index (χ2n) is 6.29. The van der Waals surface area contributed by atoms with Crippen molar-refractivity contribution in [2.24, 2.45) is 5.73 Å². The number of methoxy groups -OCH3 is 1. The standard InChI is InChI=1S/C23H24N2O3.ClH/c1-27-22-14-17(10-11-21(22)28-13-12-24)15-23(26)25-20-9-5-8-19(16-20)18-6-3-2-4-7-18;/h2-11,14,16H,12-13,15,24H2,1H3,(H,25,26);1H. The molecule has 0 aliphatic rings. The van der Waals surface area contributed by atoms with Crippen LogP contribution in [-0.2, 0) is 11.2 Å². The van der Waals surface area contributed by atoms with Gasteiger partial charge in [-0.15, -0.1) is 12.4 Å². The normalized spacial score (nSPS) is 10.0. The van der Waals surface area contributed by atoms with Crippen LogP contribution in [0, 0.1) is 0 Å². The Morgan fingerprint density at radius 3 is 2.41 bits per heavy atom. The SMILES string of the molecule is COc1cc(CC(=O)Nc2cccc(-c3ccccc3)c2)ccc1OCCN.Cl. The van der Waals surface area contributed by atoms with E-state index in [0.717, 1.165) is 22.4 Å². The lowest BCUT2D eigenvalue weighted by molar-refractivity contribution is -0.115. The second-order valence-corrected chi connectivity index (χ2v) is 6.29. The van der Waals surface area contributed by atoms with Crippen molar-refractivity contribution in [3.05, 3.63) is 78.4 Å². The number of benzene rings is 3. The average molecular weight is 413 g/mol. The summed E-state index contributed by atoms with van der Waals surface area (Å²) < 4.78 is 10.9. The molecule has 0 aliphatic carbocycles. The zero-order chi connectivity index (χ0) is 19.8. The highest BCUT2D eigenvalue weighted by atomic mass is 35.5. The summed E-state index contributed by atoms with van der Waals surface area (Å²) in [6.07, 6.45) is 0.239. The van der Waals surface area contributed by atoms with Crippen molar-refractivity contribution in [3.63, 3.8) is 0 Å². The van der Waals surface area contributed by atoms with Crippen LogP contribution in [0.3, 0.4) is 0 Å². The van der Waals surface area contributed by atoms with Crippen LogP contribution in [0.2, 0.25) is 0 Å². The molecule has 3 aromatic carbocycles. The minimum atomic E-state index is -0.0945. The van der Waals surface area contributed by atoms with Gasteiger partial charge in [0.05, 0.1) is 13.5 Å². The molecule has 152 valence electrons. The molecule has 3 rings (SSSR count). The van der Waals surface area contributed by atoms with E-state index in [1.165, 1.54) is 0 Å². The molecule has 0 bridgehead atoms. The number of hydrogen-bond donors (Lipinski definition) is 2. The number of carbonyl (C=O) groups excluding carboxylic acids is 1. The predicted molar refractivity (Wildman–Crippen MR) is 119 cm³/mol. The zero-order valence-corrected chi connectivity index (χ0v) is 17.1. The van der Waals surface area contributed by atoms with Crippen LogP contribution in [0.5, 0.6) is 11.5 Å². The van der Waals surface area contributed by atoms with Gasteiger partial charge < -0.3 is 20.5 Å². The third-order valence-corrected chi connectivity index (χ3v) is 4.22. The highest BCUT2D eigenvalue weighted by molar-refractivity contribution is 5.93. The number of amides is 1. The minimum absolute atomic E-state index is 0. The van der Waals surface area contributed by atoms with Gasteiger partial charge in [0.15, 0.2) is 11.5 Å². The molecule has 3 N–H and O–H groups in total. The monoisotopic (exact) mass is 412 g/mol. The maximum atomic E-state index is 12.5. The molecule has 0 aromatic heterocycles. The molecule has 1 amide bonds. The topological polar surface area (TPSA) is 73.6 Å². The van der Waals surface area contributed by atoms with Gasteiger partial charge in [0.25, 0.3) is 0 Å². The number of nitrogens with two attached hydrogens (primary N) is 1. The first kappa shape index (κ1) is 22.3. The average Bonchev–Trinajstić information content (AvgIpc) is 2.73. The van der Waals surface area contributed by atoms with Crippen LogP contribution in [0.25, 0.3) is 11.1 Å². The quantitative estimate of drug-likeness (QED) is 0.578. The van der Waals surface area contributed by atoms with Crippen LogP contribution >= 0.6 is 12.4 Å². The molecule has 0 aliphatic heterocycles. The maximum Gasteiger partial charge on any atom is 0.228 e. The summed E-state index contributed by atoms with van der Waals surface area (Å²) in [5.41, 5.74) is 9.24. The van der Waals surface area contributed by atoms with E-state index in [-0.39, 0.29) is 24.7 Å². The Morgan fingerprint density at radius 2 is 1.69 bits per heavy atom. The fourth-order valence-electron chi connectivity index (χ4n) is 2.91. The summed E-state index contributed by atoms with van der Waals surface area (Å²) in [6.45, 7) is 0.837. The highest BCUT2D eigenvalue weighted by Crippen LogP contribution is 2.28. The first-order chi connectivity index (χ1) is 13.7. The largest absolute Gasteiger partial charge is 0.493 e. The lowest BCUT2D eigenvalue weighted by atomic mass is 10.1. The molecule has 0 radical (unpaired) electrons. The molecule has 0 saturated heterocycles. The van der Waals surface area contributed by atoms with Gasteiger partial charge in [-0.3, -0.25) is 4.79 Å². The van der Waals surface area contributed by atoms with Gasteiger partial charge in [-0.1, -0.05) is 48.5 Å². The second kappa shape index (κ2) is 11.1. The van der Waals surface area contributed by atoms with Gasteiger partial charge in [0, 0.05) is 12.2 Å². The van der Waals surface area contributed by atoms with E-state index in [4.69, 9.17) is 15.2 Å². The summed E-state index contributed by atoms with van der Waals surface area (Å²) >= 11 is 0. The Hall–Kier alpha value is -3.02. The number of rotatable bonds is 8. The van der Waals surface area contributed by atoms with Gasteiger partial charge in [-0.25, -0.2) is 0 Å². The summed E-state index contributed by atoms with van der Waals surface area (Å²) in [4.78, 5) is 12.5. The summed E-state index contributed by atoms with van der Waals surface area (Å²) in [5.74, 6) is 1.11. The molecule has 0 spiro atoms. The van der Waals surface area contributed by atoms with Crippen LogP contribution in [0.1, 0.15) is 5.56 Å². The van der Waals surface area contributed by atoms with Crippen molar-refractivity contribution in [2.75, 3.05) is 25.6 Å². The maximum absolute atomic E-state index is 12.5. The number of halogens is 1. The van der Waals surface area contributed by atoms with Crippen LogP contribution in [0.15, 0.2) is 72.8 Å². The van der Waals surface area contributed by atoms with Crippen LogP contribution in [0.4, 0.5) is 5.69 Å². The Labute approximate surface area is 177 Å². The van der Waals surface area contributed by atoms with Gasteiger partial charge in [-0.05, 0) is 41.0 Å². The molecular weight excluding hydrogens is 388 g/mol. The first-order valence-corrected chi connectivity index (χ1v) is 9.14. The Morgan fingerprint density at radius 1 is 0.931 bits per heavy atom. The van der Waals surface area contributed by atoms with Gasteiger partial charge >= 0.3 is 0 Å². The smallest absolute Gasteiger partial charge is 0.228 e. The molecule has 6 heteroatoms. The zero-order valence-electron chi connectivity index (χ0n) is 16.3. The fourth-order valence-corrected chi connectivity index (χ4v) is 2.91. The third kappa shape index (κ3) is 6.24. The van der Waals surface area contributed by atoms with Crippen LogP contribution in [-0.4, -0.2) is 26.2 Å². The van der Waals surface area contributed by atoms with E-state index >= 15 is 0 Å². The van der Waals surface area contributed by atoms with Crippen molar-refractivity contribution in [1.82, 2.24) is 0 Å². The molecule has 0 heterocycles. The van der Waals surface area contributed by atoms with Crippen LogP contribution < -0.4 is 20.5 Å². The van der Waals surface area contributed by atoms with E-state index < -0.39 is 0 Å². The Balaban J connectivity index is 0.00000300. The van der Waals surface area contributed by atoms with Gasteiger partial charge in [0.1, 0.15) is 6.61 Å². The molecule has 3 aromatic rings. The molecular formula is C23H25ClN2O3. The molecule has 5 nitrogen and oxygen atoms in total. The Kier molecular flexibility index (Phi) is 8.52. The molecule has 0 fully saturated rings. The number of nitrogens with one attached hydrogen (secondary N) is 1. The summed E-state index contributed by atoms with van der Waals surface area (Å²) in [6, 6.07) is 23.3. The van der Waals surface area contributed by atoms with E-state index in [1.54, 1.807) is 13.2 Å². The van der Waals surface area contributed by atoms with Crippen molar-refractivity contribution in [2.45, 2.75) is 6.42 Å². The lowest BCUT2D eigenvalue weighted by Crippen LogP contribution is -2.14. The highest BCUT2D eigenvalue weighted by Gasteiger charge is 2.10. The van der Waals surface area contributed by atoms with E-state index in [0.29, 0.717) is 24.7 Å². The van der Waals surface area contributed by atoms with E-state index in [2.05, 4.69) is 5.32 Å². The van der Waals surface area contributed by atoms with Crippen molar-refractivity contribution in [1.29, 1.82) is 0 Å². The third-order valence-electron chi connectivity index (χ3n) is 4.22. The molecule has 0 saturated carbocycles. The van der Waals surface area contributed by atoms with E-state index in [9.17, 15) is 4.79 Å². The predicted octanol–water partition coefficient (Wildman–Crippen LogP) is 4.30. The molecule has 0 atom stereocenters. The molecule has 0 unspecified atom stereocenters. The first-order valence-electron chi connectivity index (χ1n) is 9.14. The number of ether oxygens (including phenoxy) is 2. The number of carbonyl (C=O) groups is 1. The lowest BCUT2D eigenvalue weighted by Gasteiger charge is -2.12.